The molecule has 0 aliphatic carbocycles. The summed E-state index contributed by atoms with van der Waals surface area (Å²) in [5.41, 5.74) is -1.12. The average Bonchev–Trinajstić information content (AvgIpc) is 2.50. The highest BCUT2D eigenvalue weighted by atomic mass is 16.2. The Morgan fingerprint density at radius 3 is 1.96 bits per heavy atom. The molecule has 156 valence electrons. The zero-order valence-electron chi connectivity index (χ0n) is 17.6. The van der Waals surface area contributed by atoms with E-state index < -0.39 is 23.4 Å². The van der Waals surface area contributed by atoms with Crippen LogP contribution in [0.4, 0.5) is 0 Å². The molecule has 0 bridgehead atoms. The summed E-state index contributed by atoms with van der Waals surface area (Å²) in [6.07, 6.45) is 1.68. The molecule has 0 saturated carbocycles. The van der Waals surface area contributed by atoms with Gasteiger partial charge in [0, 0.05) is 6.04 Å². The largest absolute Gasteiger partial charge is 0.352 e. The molecule has 2 unspecified atom stereocenters. The van der Waals surface area contributed by atoms with Crippen LogP contribution in [-0.4, -0.2) is 48.3 Å². The third-order valence-corrected chi connectivity index (χ3v) is 3.91. The molecule has 0 rings (SSSR count). The lowest BCUT2D eigenvalue weighted by Crippen LogP contribution is -2.60. The van der Waals surface area contributed by atoms with Crippen LogP contribution in [0.3, 0.4) is 0 Å². The monoisotopic (exact) mass is 384 g/mol. The number of carbonyl (C=O) groups is 4. The van der Waals surface area contributed by atoms with E-state index in [1.54, 1.807) is 13.8 Å². The Hall–Kier alpha value is -2.12. The highest BCUT2D eigenvalue weighted by Crippen LogP contribution is 2.10. The molecule has 0 aromatic rings. The van der Waals surface area contributed by atoms with Crippen LogP contribution in [0, 0.1) is 11.8 Å². The van der Waals surface area contributed by atoms with Gasteiger partial charge in [0.05, 0.1) is 6.54 Å². The number of carbonyl (C=O) groups excluding carboxylic acids is 4. The molecule has 0 aromatic heterocycles. The fourth-order valence-corrected chi connectivity index (χ4v) is 2.70. The quantitative estimate of drug-likeness (QED) is 0.371. The summed E-state index contributed by atoms with van der Waals surface area (Å²) in [5, 5.41) is 10.5. The second-order valence-corrected chi connectivity index (χ2v) is 8.37. The van der Waals surface area contributed by atoms with Crippen molar-refractivity contribution in [3.8, 4) is 0 Å². The molecule has 0 aliphatic heterocycles. The van der Waals surface area contributed by atoms with Gasteiger partial charge < -0.3 is 21.3 Å². The summed E-state index contributed by atoms with van der Waals surface area (Å²) in [6, 6.07) is -0.791. The van der Waals surface area contributed by atoms with Gasteiger partial charge >= 0.3 is 0 Å². The molecule has 0 saturated heterocycles. The fourth-order valence-electron chi connectivity index (χ4n) is 2.70. The summed E-state index contributed by atoms with van der Waals surface area (Å²) in [6.45, 7) is 13.0. The van der Waals surface area contributed by atoms with Crippen molar-refractivity contribution in [2.75, 3.05) is 6.54 Å². The minimum Gasteiger partial charge on any atom is -0.352 e. The van der Waals surface area contributed by atoms with Crippen LogP contribution >= 0.6 is 0 Å². The van der Waals surface area contributed by atoms with Crippen LogP contribution < -0.4 is 21.3 Å². The third kappa shape index (κ3) is 10.6. The van der Waals surface area contributed by atoms with E-state index in [1.807, 2.05) is 20.8 Å². The molecule has 0 spiro atoms. The SMILES string of the molecule is CC(C)CC(C)NC(=O)C(C)(C)NC(=O)C(CC(C)C)NC(=O)CNC=O. The van der Waals surface area contributed by atoms with Crippen molar-refractivity contribution in [3.63, 3.8) is 0 Å². The van der Waals surface area contributed by atoms with Gasteiger partial charge in [0.2, 0.25) is 24.1 Å². The Balaban J connectivity index is 4.97. The first kappa shape index (κ1) is 24.9. The van der Waals surface area contributed by atoms with Crippen molar-refractivity contribution >= 4 is 24.1 Å². The van der Waals surface area contributed by atoms with Crippen LogP contribution in [0.1, 0.15) is 61.3 Å². The van der Waals surface area contributed by atoms with E-state index >= 15 is 0 Å². The first-order valence-corrected chi connectivity index (χ1v) is 9.48. The molecule has 0 heterocycles. The van der Waals surface area contributed by atoms with Crippen molar-refractivity contribution in [3.05, 3.63) is 0 Å². The molecule has 0 aromatic carbocycles. The number of amides is 4. The van der Waals surface area contributed by atoms with Gasteiger partial charge in [-0.3, -0.25) is 19.2 Å². The molecule has 0 radical (unpaired) electrons. The predicted octanol–water partition coefficient (Wildman–Crippen LogP) is 0.709. The van der Waals surface area contributed by atoms with Crippen molar-refractivity contribution < 1.29 is 19.2 Å². The summed E-state index contributed by atoms with van der Waals surface area (Å²) in [5.74, 6) is -0.566. The average molecular weight is 385 g/mol. The maximum atomic E-state index is 12.7. The Morgan fingerprint density at radius 1 is 0.926 bits per heavy atom. The van der Waals surface area contributed by atoms with E-state index in [2.05, 4.69) is 35.1 Å². The molecule has 0 aliphatic rings. The highest BCUT2D eigenvalue weighted by molar-refractivity contribution is 5.94. The second kappa shape index (κ2) is 11.6. The molecule has 0 fully saturated rings. The van der Waals surface area contributed by atoms with Gasteiger partial charge in [-0.15, -0.1) is 0 Å². The minimum absolute atomic E-state index is 0.00532. The van der Waals surface area contributed by atoms with Crippen LogP contribution in [-0.2, 0) is 19.2 Å². The van der Waals surface area contributed by atoms with Gasteiger partial charge in [0.1, 0.15) is 11.6 Å². The molecule has 2 atom stereocenters. The van der Waals surface area contributed by atoms with Gasteiger partial charge in [0.15, 0.2) is 0 Å². The van der Waals surface area contributed by atoms with Crippen LogP contribution in [0.15, 0.2) is 0 Å². The molecule has 4 N–H and O–H groups in total. The standard InChI is InChI=1S/C19H36N4O4/c1-12(2)8-14(5)21-18(27)19(6,7)23-17(26)15(9-13(3)4)22-16(25)10-20-11-24/h11-15H,8-10H2,1-7H3,(H,20,24)(H,21,27)(H,22,25)(H,23,26). The zero-order valence-corrected chi connectivity index (χ0v) is 17.6. The van der Waals surface area contributed by atoms with Gasteiger partial charge in [0.25, 0.3) is 0 Å². The summed E-state index contributed by atoms with van der Waals surface area (Å²) in [7, 11) is 0. The number of nitrogens with one attached hydrogen (secondary N) is 4. The molecular formula is C19H36N4O4. The van der Waals surface area contributed by atoms with E-state index in [-0.39, 0.29) is 24.4 Å². The predicted molar refractivity (Wildman–Crippen MR) is 105 cm³/mol. The summed E-state index contributed by atoms with van der Waals surface area (Å²) >= 11 is 0. The van der Waals surface area contributed by atoms with Crippen molar-refractivity contribution in [1.29, 1.82) is 0 Å². The lowest BCUT2D eigenvalue weighted by atomic mass is 9.98. The summed E-state index contributed by atoms with van der Waals surface area (Å²) in [4.78, 5) is 47.4. The summed E-state index contributed by atoms with van der Waals surface area (Å²) < 4.78 is 0. The molecule has 8 heteroatoms. The maximum Gasteiger partial charge on any atom is 0.245 e. The van der Waals surface area contributed by atoms with Gasteiger partial charge in [-0.25, -0.2) is 0 Å². The zero-order chi connectivity index (χ0) is 21.2. The topological polar surface area (TPSA) is 116 Å². The lowest BCUT2D eigenvalue weighted by molar-refractivity contribution is -0.135. The first-order chi connectivity index (χ1) is 12.4. The van der Waals surface area contributed by atoms with Crippen LogP contribution in [0.25, 0.3) is 0 Å². The van der Waals surface area contributed by atoms with E-state index in [4.69, 9.17) is 0 Å². The number of hydrogen-bond acceptors (Lipinski definition) is 4. The number of hydrogen-bond donors (Lipinski definition) is 4. The number of rotatable bonds is 12. The highest BCUT2D eigenvalue weighted by Gasteiger charge is 2.33. The van der Waals surface area contributed by atoms with E-state index in [0.717, 1.165) is 6.42 Å². The molecule has 4 amide bonds. The first-order valence-electron chi connectivity index (χ1n) is 9.48. The van der Waals surface area contributed by atoms with E-state index in [9.17, 15) is 19.2 Å². The second-order valence-electron chi connectivity index (χ2n) is 8.37. The Bertz CT molecular complexity index is 518. The van der Waals surface area contributed by atoms with Crippen molar-refractivity contribution in [2.45, 2.75) is 78.9 Å². The Kier molecular flexibility index (Phi) is 10.7. The third-order valence-electron chi connectivity index (χ3n) is 3.91. The molecule has 27 heavy (non-hydrogen) atoms. The van der Waals surface area contributed by atoms with E-state index in [1.165, 1.54) is 0 Å². The fraction of sp³-hybridized carbons (Fsp3) is 0.789. The van der Waals surface area contributed by atoms with E-state index in [0.29, 0.717) is 18.7 Å². The maximum absolute atomic E-state index is 12.7. The van der Waals surface area contributed by atoms with Crippen LogP contribution in [0.5, 0.6) is 0 Å². The smallest absolute Gasteiger partial charge is 0.245 e. The normalized spacial score (nSPS) is 13.7. The Morgan fingerprint density at radius 2 is 1.48 bits per heavy atom. The lowest BCUT2D eigenvalue weighted by Gasteiger charge is -2.30. The van der Waals surface area contributed by atoms with Crippen molar-refractivity contribution in [1.82, 2.24) is 21.3 Å². The molecular weight excluding hydrogens is 348 g/mol. The Labute approximate surface area is 162 Å². The molecule has 8 nitrogen and oxygen atoms in total. The van der Waals surface area contributed by atoms with Crippen molar-refractivity contribution in [2.24, 2.45) is 11.8 Å². The van der Waals surface area contributed by atoms with Crippen LogP contribution in [0.2, 0.25) is 0 Å². The van der Waals surface area contributed by atoms with Gasteiger partial charge in [-0.05, 0) is 45.4 Å². The van der Waals surface area contributed by atoms with Gasteiger partial charge in [-0.1, -0.05) is 27.7 Å². The minimum atomic E-state index is -1.12. The van der Waals surface area contributed by atoms with Gasteiger partial charge in [-0.2, -0.15) is 0 Å².